The van der Waals surface area contributed by atoms with E-state index in [1.54, 1.807) is 24.3 Å². The average Bonchev–Trinajstić information content (AvgIpc) is 2.57. The Labute approximate surface area is 166 Å². The SMILES string of the molecule is O=C(CC(c1cccc(F)c1)C1CCC1)CC(c1cccc(F)c1)C1CCC1. The molecule has 2 aliphatic rings. The second kappa shape index (κ2) is 8.55. The summed E-state index contributed by atoms with van der Waals surface area (Å²) in [6.07, 6.45) is 7.78. The van der Waals surface area contributed by atoms with E-state index < -0.39 is 0 Å². The summed E-state index contributed by atoms with van der Waals surface area (Å²) in [6.45, 7) is 0. The molecule has 0 bridgehead atoms. The molecule has 0 heterocycles. The van der Waals surface area contributed by atoms with Crippen LogP contribution in [-0.2, 0) is 4.79 Å². The van der Waals surface area contributed by atoms with Crippen molar-refractivity contribution in [1.82, 2.24) is 0 Å². The highest BCUT2D eigenvalue weighted by Gasteiger charge is 2.34. The molecule has 28 heavy (non-hydrogen) atoms. The monoisotopic (exact) mass is 382 g/mol. The van der Waals surface area contributed by atoms with Gasteiger partial charge in [0.1, 0.15) is 17.4 Å². The van der Waals surface area contributed by atoms with Crippen molar-refractivity contribution >= 4 is 5.78 Å². The minimum Gasteiger partial charge on any atom is -0.300 e. The number of Topliss-reactive ketones (excluding diaryl/α,β-unsaturated/α-hetero) is 1. The van der Waals surface area contributed by atoms with E-state index in [9.17, 15) is 13.6 Å². The van der Waals surface area contributed by atoms with E-state index in [0.29, 0.717) is 24.7 Å². The lowest BCUT2D eigenvalue weighted by Crippen LogP contribution is -2.26. The summed E-state index contributed by atoms with van der Waals surface area (Å²) in [5.41, 5.74) is 1.90. The van der Waals surface area contributed by atoms with Crippen LogP contribution >= 0.6 is 0 Å². The van der Waals surface area contributed by atoms with Crippen molar-refractivity contribution < 1.29 is 13.6 Å². The first kappa shape index (κ1) is 19.3. The number of carbonyl (C=O) groups excluding carboxylic acids is 1. The van der Waals surface area contributed by atoms with Crippen LogP contribution in [0.25, 0.3) is 0 Å². The number of rotatable bonds is 8. The molecule has 0 amide bonds. The fraction of sp³-hybridized carbons (Fsp3) is 0.480. The van der Waals surface area contributed by atoms with Crippen LogP contribution in [0.15, 0.2) is 48.5 Å². The fourth-order valence-electron chi connectivity index (χ4n) is 4.85. The lowest BCUT2D eigenvalue weighted by Gasteiger charge is -2.36. The van der Waals surface area contributed by atoms with Crippen LogP contribution in [0.4, 0.5) is 8.78 Å². The summed E-state index contributed by atoms with van der Waals surface area (Å²) in [6, 6.07) is 13.5. The molecular formula is C25H28F2O. The molecule has 0 saturated heterocycles. The molecule has 0 N–H and O–H groups in total. The van der Waals surface area contributed by atoms with Gasteiger partial charge in [0.05, 0.1) is 0 Å². The Morgan fingerprint density at radius 1 is 0.786 bits per heavy atom. The van der Waals surface area contributed by atoms with Crippen molar-refractivity contribution in [2.45, 2.75) is 63.2 Å². The zero-order valence-electron chi connectivity index (χ0n) is 16.2. The van der Waals surface area contributed by atoms with Crippen LogP contribution in [0.2, 0.25) is 0 Å². The normalized spacial score (nSPS) is 19.5. The van der Waals surface area contributed by atoms with Crippen molar-refractivity contribution in [2.75, 3.05) is 0 Å². The Bertz CT molecular complexity index is 755. The van der Waals surface area contributed by atoms with Crippen molar-refractivity contribution in [3.05, 3.63) is 71.3 Å². The van der Waals surface area contributed by atoms with Gasteiger partial charge in [0, 0.05) is 12.8 Å². The minimum atomic E-state index is -0.235. The first-order valence-electron chi connectivity index (χ1n) is 10.6. The Balaban J connectivity index is 1.50. The van der Waals surface area contributed by atoms with Crippen LogP contribution in [0.5, 0.6) is 0 Å². The molecule has 2 aromatic carbocycles. The topological polar surface area (TPSA) is 17.1 Å². The molecule has 0 radical (unpaired) electrons. The van der Waals surface area contributed by atoms with E-state index in [2.05, 4.69) is 0 Å². The zero-order valence-corrected chi connectivity index (χ0v) is 16.2. The summed E-state index contributed by atoms with van der Waals surface area (Å²) in [5, 5.41) is 0. The van der Waals surface area contributed by atoms with E-state index in [0.717, 1.165) is 36.8 Å². The third kappa shape index (κ3) is 4.34. The Morgan fingerprint density at radius 3 is 1.54 bits per heavy atom. The molecule has 2 atom stereocenters. The molecule has 0 spiro atoms. The van der Waals surface area contributed by atoms with Gasteiger partial charge in [-0.2, -0.15) is 0 Å². The van der Waals surface area contributed by atoms with Crippen molar-refractivity contribution in [1.29, 1.82) is 0 Å². The van der Waals surface area contributed by atoms with Crippen molar-refractivity contribution in [2.24, 2.45) is 11.8 Å². The number of benzene rings is 2. The van der Waals surface area contributed by atoms with Gasteiger partial charge in [-0.3, -0.25) is 4.79 Å². The van der Waals surface area contributed by atoms with Crippen LogP contribution in [0, 0.1) is 23.5 Å². The predicted molar refractivity (Wildman–Crippen MR) is 107 cm³/mol. The van der Waals surface area contributed by atoms with E-state index in [1.165, 1.54) is 25.0 Å². The van der Waals surface area contributed by atoms with E-state index in [4.69, 9.17) is 0 Å². The molecular weight excluding hydrogens is 354 g/mol. The second-order valence-electron chi connectivity index (χ2n) is 8.65. The van der Waals surface area contributed by atoms with Gasteiger partial charge in [-0.05, 0) is 84.7 Å². The van der Waals surface area contributed by atoms with Crippen LogP contribution in [-0.4, -0.2) is 5.78 Å². The summed E-state index contributed by atoms with van der Waals surface area (Å²) in [4.78, 5) is 13.1. The highest BCUT2D eigenvalue weighted by atomic mass is 19.1. The molecule has 2 aromatic rings. The number of ketones is 1. The molecule has 4 rings (SSSR count). The summed E-state index contributed by atoms with van der Waals surface area (Å²) >= 11 is 0. The first-order valence-corrected chi connectivity index (χ1v) is 10.6. The highest BCUT2D eigenvalue weighted by molar-refractivity contribution is 5.80. The van der Waals surface area contributed by atoms with Gasteiger partial charge in [-0.15, -0.1) is 0 Å². The number of halogens is 2. The Kier molecular flexibility index (Phi) is 5.89. The van der Waals surface area contributed by atoms with Gasteiger partial charge in [-0.25, -0.2) is 8.78 Å². The maximum atomic E-state index is 13.8. The smallest absolute Gasteiger partial charge is 0.134 e. The number of hydrogen-bond acceptors (Lipinski definition) is 1. The lowest BCUT2D eigenvalue weighted by molar-refractivity contribution is -0.120. The Morgan fingerprint density at radius 2 is 1.21 bits per heavy atom. The van der Waals surface area contributed by atoms with Gasteiger partial charge in [0.25, 0.3) is 0 Å². The molecule has 2 fully saturated rings. The largest absolute Gasteiger partial charge is 0.300 e. The summed E-state index contributed by atoms with van der Waals surface area (Å²) < 4.78 is 27.5. The van der Waals surface area contributed by atoms with E-state index in [1.807, 2.05) is 12.1 Å². The zero-order chi connectivity index (χ0) is 19.5. The number of hydrogen-bond donors (Lipinski definition) is 0. The van der Waals surface area contributed by atoms with Crippen molar-refractivity contribution in [3.63, 3.8) is 0 Å². The van der Waals surface area contributed by atoms with Gasteiger partial charge in [0.2, 0.25) is 0 Å². The van der Waals surface area contributed by atoms with Gasteiger partial charge in [-0.1, -0.05) is 37.1 Å². The summed E-state index contributed by atoms with van der Waals surface area (Å²) in [7, 11) is 0. The highest BCUT2D eigenvalue weighted by Crippen LogP contribution is 2.44. The number of carbonyl (C=O) groups is 1. The fourth-order valence-corrected chi connectivity index (χ4v) is 4.85. The first-order chi connectivity index (χ1) is 13.6. The van der Waals surface area contributed by atoms with E-state index in [-0.39, 0.29) is 29.3 Å². The van der Waals surface area contributed by atoms with Crippen molar-refractivity contribution in [3.8, 4) is 0 Å². The molecule has 0 aliphatic heterocycles. The van der Waals surface area contributed by atoms with Crippen LogP contribution in [0.1, 0.15) is 74.3 Å². The molecule has 148 valence electrons. The van der Waals surface area contributed by atoms with Gasteiger partial charge >= 0.3 is 0 Å². The van der Waals surface area contributed by atoms with Crippen LogP contribution in [0.3, 0.4) is 0 Å². The average molecular weight is 382 g/mol. The maximum Gasteiger partial charge on any atom is 0.134 e. The third-order valence-electron chi connectivity index (χ3n) is 6.89. The van der Waals surface area contributed by atoms with Gasteiger partial charge in [0.15, 0.2) is 0 Å². The third-order valence-corrected chi connectivity index (χ3v) is 6.89. The second-order valence-corrected chi connectivity index (χ2v) is 8.65. The molecule has 3 heteroatoms. The standard InChI is InChI=1S/C25H28F2O/c26-21-11-3-9-19(13-21)24(17-5-1-6-17)15-23(28)16-25(18-7-2-8-18)20-10-4-12-22(27)14-20/h3-4,9-14,17-18,24-25H,1-2,5-8,15-16H2. The Hall–Kier alpha value is -2.03. The molecule has 2 aliphatic carbocycles. The lowest BCUT2D eigenvalue weighted by atomic mass is 9.68. The molecule has 2 unspecified atom stereocenters. The maximum absolute atomic E-state index is 13.8. The predicted octanol–water partition coefficient (Wildman–Crippen LogP) is 6.78. The molecule has 0 aromatic heterocycles. The van der Waals surface area contributed by atoms with E-state index >= 15 is 0 Å². The quantitative estimate of drug-likeness (QED) is 0.492. The van der Waals surface area contributed by atoms with Crippen LogP contribution < -0.4 is 0 Å². The minimum absolute atomic E-state index is 0.103. The van der Waals surface area contributed by atoms with Gasteiger partial charge < -0.3 is 0 Å². The summed E-state index contributed by atoms with van der Waals surface area (Å²) in [5.74, 6) is 0.909. The molecule has 1 nitrogen and oxygen atoms in total. The molecule has 2 saturated carbocycles.